The first-order chi connectivity index (χ1) is 12.5. The van der Waals surface area contributed by atoms with Gasteiger partial charge in [0.05, 0.1) is 14.2 Å². The zero-order valence-electron chi connectivity index (χ0n) is 15.7. The van der Waals surface area contributed by atoms with Crippen LogP contribution < -0.4 is 14.8 Å². The van der Waals surface area contributed by atoms with Crippen molar-refractivity contribution in [1.82, 2.24) is 5.32 Å². The monoisotopic (exact) mass is 361 g/mol. The van der Waals surface area contributed by atoms with E-state index in [1.165, 1.54) is 32.6 Å². The lowest BCUT2D eigenvalue weighted by molar-refractivity contribution is -0.129. The second-order valence-electron chi connectivity index (χ2n) is 6.26. The molecule has 1 N–H and O–H groups in total. The van der Waals surface area contributed by atoms with Gasteiger partial charge in [-0.05, 0) is 51.2 Å². The van der Waals surface area contributed by atoms with E-state index in [2.05, 4.69) is 11.4 Å². The molecule has 2 rings (SSSR count). The van der Waals surface area contributed by atoms with E-state index < -0.39 is 12.1 Å². The zero-order valence-corrected chi connectivity index (χ0v) is 15.7. The van der Waals surface area contributed by atoms with Crippen molar-refractivity contribution < 1.29 is 23.8 Å². The van der Waals surface area contributed by atoms with E-state index in [0.29, 0.717) is 18.0 Å². The molecule has 1 aromatic carbocycles. The molecular weight excluding hydrogens is 334 g/mol. The molecule has 1 aromatic rings. The van der Waals surface area contributed by atoms with E-state index in [-0.39, 0.29) is 11.5 Å². The SMILES string of the molecule is COc1ccc(C(=O)O[C@H](C)C(=O)NCCC2=CCCCC2)c(OC)c1. The highest BCUT2D eigenvalue weighted by atomic mass is 16.5. The molecule has 0 spiro atoms. The Bertz CT molecular complexity index is 668. The number of ether oxygens (including phenoxy) is 3. The van der Waals surface area contributed by atoms with Crippen molar-refractivity contribution in [1.29, 1.82) is 0 Å². The molecule has 1 aliphatic carbocycles. The molecule has 0 unspecified atom stereocenters. The van der Waals surface area contributed by atoms with Gasteiger partial charge in [0.2, 0.25) is 0 Å². The summed E-state index contributed by atoms with van der Waals surface area (Å²) in [6.07, 6.45) is 6.93. The molecule has 26 heavy (non-hydrogen) atoms. The summed E-state index contributed by atoms with van der Waals surface area (Å²) in [5.41, 5.74) is 1.64. The van der Waals surface area contributed by atoms with Crippen LogP contribution in [0, 0.1) is 0 Å². The molecule has 0 saturated carbocycles. The number of nitrogens with one attached hydrogen (secondary N) is 1. The van der Waals surface area contributed by atoms with Crippen LogP contribution in [0.15, 0.2) is 29.8 Å². The van der Waals surface area contributed by atoms with Gasteiger partial charge in [-0.15, -0.1) is 0 Å². The lowest BCUT2D eigenvalue weighted by Gasteiger charge is -2.16. The van der Waals surface area contributed by atoms with E-state index in [4.69, 9.17) is 14.2 Å². The Balaban J connectivity index is 1.85. The van der Waals surface area contributed by atoms with Crippen molar-refractivity contribution in [2.45, 2.75) is 45.1 Å². The van der Waals surface area contributed by atoms with Crippen LogP contribution in [0.3, 0.4) is 0 Å². The quantitative estimate of drug-likeness (QED) is 0.568. The minimum Gasteiger partial charge on any atom is -0.497 e. The molecular formula is C20H27NO5. The molecule has 1 aliphatic rings. The van der Waals surface area contributed by atoms with Crippen LogP contribution in [-0.4, -0.2) is 38.7 Å². The second-order valence-corrected chi connectivity index (χ2v) is 6.26. The maximum atomic E-state index is 12.3. The number of hydrogen-bond donors (Lipinski definition) is 1. The number of carbonyl (C=O) groups excluding carboxylic acids is 2. The van der Waals surface area contributed by atoms with E-state index in [1.54, 1.807) is 25.1 Å². The van der Waals surface area contributed by atoms with Crippen molar-refractivity contribution >= 4 is 11.9 Å². The molecule has 0 aromatic heterocycles. The van der Waals surface area contributed by atoms with Gasteiger partial charge in [0.15, 0.2) is 6.10 Å². The highest BCUT2D eigenvalue weighted by Gasteiger charge is 2.21. The second kappa shape index (κ2) is 9.85. The summed E-state index contributed by atoms with van der Waals surface area (Å²) < 4.78 is 15.6. The molecule has 1 atom stereocenters. The summed E-state index contributed by atoms with van der Waals surface area (Å²) in [5.74, 6) is -0.00298. The van der Waals surface area contributed by atoms with Gasteiger partial charge in [-0.25, -0.2) is 4.79 Å². The van der Waals surface area contributed by atoms with Crippen molar-refractivity contribution in [2.75, 3.05) is 20.8 Å². The maximum absolute atomic E-state index is 12.3. The van der Waals surface area contributed by atoms with Gasteiger partial charge >= 0.3 is 5.97 Å². The van der Waals surface area contributed by atoms with Gasteiger partial charge < -0.3 is 19.5 Å². The van der Waals surface area contributed by atoms with Crippen LogP contribution in [0.5, 0.6) is 11.5 Å². The smallest absolute Gasteiger partial charge is 0.342 e. The summed E-state index contributed by atoms with van der Waals surface area (Å²) in [7, 11) is 2.99. The summed E-state index contributed by atoms with van der Waals surface area (Å²) >= 11 is 0. The lowest BCUT2D eigenvalue weighted by atomic mass is 9.97. The predicted molar refractivity (Wildman–Crippen MR) is 98.6 cm³/mol. The minimum atomic E-state index is -0.880. The molecule has 0 saturated heterocycles. The van der Waals surface area contributed by atoms with Gasteiger partial charge in [-0.2, -0.15) is 0 Å². The third-order valence-electron chi connectivity index (χ3n) is 4.41. The Morgan fingerprint density at radius 1 is 1.19 bits per heavy atom. The molecule has 0 aliphatic heterocycles. The van der Waals surface area contributed by atoms with Crippen LogP contribution in [0.25, 0.3) is 0 Å². The standard InChI is InChI=1S/C20H27NO5/c1-14(19(22)21-12-11-15-7-5-4-6-8-15)26-20(23)17-10-9-16(24-2)13-18(17)25-3/h7,9-10,13-14H,4-6,8,11-12H2,1-3H3,(H,21,22)/t14-/m1/s1. The Kier molecular flexibility index (Phi) is 7.51. The summed E-state index contributed by atoms with van der Waals surface area (Å²) in [4.78, 5) is 24.5. The van der Waals surface area contributed by atoms with E-state index >= 15 is 0 Å². The highest BCUT2D eigenvalue weighted by Crippen LogP contribution is 2.25. The highest BCUT2D eigenvalue weighted by molar-refractivity contribution is 5.94. The molecule has 6 nitrogen and oxygen atoms in total. The summed E-state index contributed by atoms with van der Waals surface area (Å²) in [6, 6.07) is 4.79. The normalized spacial score (nSPS) is 14.8. The average molecular weight is 361 g/mol. The molecule has 1 amide bonds. The number of hydrogen-bond acceptors (Lipinski definition) is 5. The van der Waals surface area contributed by atoms with Crippen molar-refractivity contribution in [2.24, 2.45) is 0 Å². The number of carbonyl (C=O) groups is 2. The van der Waals surface area contributed by atoms with Gasteiger partial charge in [-0.3, -0.25) is 4.79 Å². The summed E-state index contributed by atoms with van der Waals surface area (Å²) in [6.45, 7) is 2.11. The number of amides is 1. The van der Waals surface area contributed by atoms with Crippen LogP contribution >= 0.6 is 0 Å². The van der Waals surface area contributed by atoms with Crippen LogP contribution in [0.1, 0.15) is 49.4 Å². The number of rotatable bonds is 8. The summed E-state index contributed by atoms with van der Waals surface area (Å²) in [5, 5.41) is 2.83. The third-order valence-corrected chi connectivity index (χ3v) is 4.41. The van der Waals surface area contributed by atoms with Gasteiger partial charge in [0.25, 0.3) is 5.91 Å². The molecule has 0 heterocycles. The Labute approximate surface area is 154 Å². The zero-order chi connectivity index (χ0) is 18.9. The van der Waals surface area contributed by atoms with E-state index in [9.17, 15) is 9.59 Å². The topological polar surface area (TPSA) is 73.9 Å². The predicted octanol–water partition coefficient (Wildman–Crippen LogP) is 3.26. The number of allylic oxidation sites excluding steroid dienone is 1. The number of esters is 1. The first kappa shape index (κ1) is 19.8. The van der Waals surface area contributed by atoms with E-state index in [1.807, 2.05) is 0 Å². The van der Waals surface area contributed by atoms with Crippen LogP contribution in [0.2, 0.25) is 0 Å². The molecule has 0 radical (unpaired) electrons. The fourth-order valence-corrected chi connectivity index (χ4v) is 2.87. The number of benzene rings is 1. The van der Waals surface area contributed by atoms with Crippen molar-refractivity contribution in [3.8, 4) is 11.5 Å². The first-order valence-electron chi connectivity index (χ1n) is 8.93. The van der Waals surface area contributed by atoms with Crippen molar-refractivity contribution in [3.05, 3.63) is 35.4 Å². The molecule has 0 bridgehead atoms. The Morgan fingerprint density at radius 2 is 2.00 bits per heavy atom. The lowest BCUT2D eigenvalue weighted by Crippen LogP contribution is -2.36. The molecule has 142 valence electrons. The fraction of sp³-hybridized carbons (Fsp3) is 0.500. The number of methoxy groups -OCH3 is 2. The fourth-order valence-electron chi connectivity index (χ4n) is 2.87. The first-order valence-corrected chi connectivity index (χ1v) is 8.93. The molecule has 6 heteroatoms. The van der Waals surface area contributed by atoms with Gasteiger partial charge in [0.1, 0.15) is 17.1 Å². The van der Waals surface area contributed by atoms with Crippen LogP contribution in [-0.2, 0) is 9.53 Å². The Hall–Kier alpha value is -2.50. The van der Waals surface area contributed by atoms with E-state index in [0.717, 1.165) is 19.3 Å². The largest absolute Gasteiger partial charge is 0.497 e. The van der Waals surface area contributed by atoms with Crippen LogP contribution in [0.4, 0.5) is 0 Å². The van der Waals surface area contributed by atoms with Gasteiger partial charge in [-0.1, -0.05) is 11.6 Å². The maximum Gasteiger partial charge on any atom is 0.342 e. The molecule has 0 fully saturated rings. The van der Waals surface area contributed by atoms with Crippen molar-refractivity contribution in [3.63, 3.8) is 0 Å². The minimum absolute atomic E-state index is 0.250. The average Bonchev–Trinajstić information content (AvgIpc) is 2.67. The Morgan fingerprint density at radius 3 is 2.65 bits per heavy atom. The third kappa shape index (κ3) is 5.51. The van der Waals surface area contributed by atoms with Gasteiger partial charge in [0, 0.05) is 12.6 Å².